The highest BCUT2D eigenvalue weighted by Gasteiger charge is 2.35. The molecule has 3 rings (SSSR count). The van der Waals surface area contributed by atoms with Gasteiger partial charge in [-0.05, 0) is 24.6 Å². The molecule has 2 aromatic rings. The molecule has 1 amide bonds. The van der Waals surface area contributed by atoms with E-state index in [9.17, 15) is 4.79 Å². The maximum absolute atomic E-state index is 12.2. The lowest BCUT2D eigenvalue weighted by Gasteiger charge is -2.22. The number of carbonyl (C=O) groups is 1. The van der Waals surface area contributed by atoms with Crippen molar-refractivity contribution < 1.29 is 4.79 Å². The van der Waals surface area contributed by atoms with Gasteiger partial charge in [0.2, 0.25) is 5.91 Å². The molecule has 0 bridgehead atoms. The molecule has 4 nitrogen and oxygen atoms in total. The number of rotatable bonds is 3. The number of amides is 1. The minimum absolute atomic E-state index is 0.0271. The van der Waals surface area contributed by atoms with Crippen LogP contribution in [-0.4, -0.2) is 30.7 Å². The van der Waals surface area contributed by atoms with Gasteiger partial charge < -0.3 is 4.90 Å². The molecule has 0 saturated carbocycles. The van der Waals surface area contributed by atoms with E-state index in [4.69, 9.17) is 0 Å². The molecule has 0 spiro atoms. The summed E-state index contributed by atoms with van der Waals surface area (Å²) in [4.78, 5) is 21.6. The highest BCUT2D eigenvalue weighted by atomic mass is 32.2. The third-order valence-corrected chi connectivity index (χ3v) is 5.50. The quantitative estimate of drug-likeness (QED) is 0.870. The average Bonchev–Trinajstić information content (AvgIpc) is 3.04. The standard InChI is InChI=1S/C15H17N3OS2/c1-10-8-16-15(21-10)18-13(19)9-20-14(18)11-4-6-12(7-5-11)17(2)3/h4-8,14H,9H2,1-3H3/t14-/m0/s1. The third kappa shape index (κ3) is 2.78. The van der Waals surface area contributed by atoms with Crippen LogP contribution in [0.3, 0.4) is 0 Å². The largest absolute Gasteiger partial charge is 0.378 e. The molecule has 1 aliphatic rings. The number of carbonyl (C=O) groups excluding carboxylic acids is 1. The molecule has 6 heteroatoms. The minimum atomic E-state index is 0.0271. The van der Waals surface area contributed by atoms with Crippen LogP contribution in [0.4, 0.5) is 10.8 Å². The van der Waals surface area contributed by atoms with E-state index >= 15 is 0 Å². The van der Waals surface area contributed by atoms with Crippen LogP contribution >= 0.6 is 23.1 Å². The molecule has 1 atom stereocenters. The Morgan fingerprint density at radius 3 is 2.57 bits per heavy atom. The predicted octanol–water partition coefficient (Wildman–Crippen LogP) is 3.30. The van der Waals surface area contributed by atoms with Gasteiger partial charge in [-0.3, -0.25) is 9.69 Å². The number of thioether (sulfide) groups is 1. The van der Waals surface area contributed by atoms with Crippen LogP contribution in [0.25, 0.3) is 0 Å². The smallest absolute Gasteiger partial charge is 0.240 e. The number of benzene rings is 1. The van der Waals surface area contributed by atoms with Gasteiger partial charge in [0.25, 0.3) is 0 Å². The zero-order valence-corrected chi connectivity index (χ0v) is 13.9. The second-order valence-electron chi connectivity index (χ2n) is 5.17. The predicted molar refractivity (Wildman–Crippen MR) is 90.3 cm³/mol. The van der Waals surface area contributed by atoms with Crippen molar-refractivity contribution in [1.29, 1.82) is 0 Å². The highest BCUT2D eigenvalue weighted by Crippen LogP contribution is 2.43. The molecule has 21 heavy (non-hydrogen) atoms. The minimum Gasteiger partial charge on any atom is -0.378 e. The van der Waals surface area contributed by atoms with Gasteiger partial charge in [0.05, 0.1) is 5.75 Å². The van der Waals surface area contributed by atoms with Gasteiger partial charge in [-0.25, -0.2) is 4.98 Å². The van der Waals surface area contributed by atoms with Gasteiger partial charge in [0, 0.05) is 30.9 Å². The second-order valence-corrected chi connectivity index (χ2v) is 7.45. The Bertz CT molecular complexity index is 651. The van der Waals surface area contributed by atoms with Crippen LogP contribution < -0.4 is 9.80 Å². The molecule has 110 valence electrons. The van der Waals surface area contributed by atoms with Crippen molar-refractivity contribution in [3.63, 3.8) is 0 Å². The van der Waals surface area contributed by atoms with Crippen molar-refractivity contribution in [1.82, 2.24) is 4.98 Å². The molecule has 1 aromatic heterocycles. The first kappa shape index (κ1) is 14.4. The van der Waals surface area contributed by atoms with E-state index in [0.717, 1.165) is 21.3 Å². The van der Waals surface area contributed by atoms with Crippen molar-refractivity contribution in [2.24, 2.45) is 0 Å². The summed E-state index contributed by atoms with van der Waals surface area (Å²) >= 11 is 3.23. The zero-order valence-electron chi connectivity index (χ0n) is 12.2. The summed E-state index contributed by atoms with van der Waals surface area (Å²) in [5.74, 6) is 0.648. The zero-order chi connectivity index (χ0) is 15.0. The maximum Gasteiger partial charge on any atom is 0.240 e. The number of anilines is 2. The monoisotopic (exact) mass is 319 g/mol. The first-order valence-electron chi connectivity index (χ1n) is 6.69. The summed E-state index contributed by atoms with van der Waals surface area (Å²) in [7, 11) is 4.04. The number of hydrogen-bond donors (Lipinski definition) is 0. The van der Waals surface area contributed by atoms with Gasteiger partial charge in [-0.1, -0.05) is 12.1 Å². The molecule has 1 fully saturated rings. The topological polar surface area (TPSA) is 36.4 Å². The van der Waals surface area contributed by atoms with E-state index < -0.39 is 0 Å². The second kappa shape index (κ2) is 5.69. The SMILES string of the molecule is Cc1cnc(N2C(=O)CS[C@H]2c2ccc(N(C)C)cc2)s1. The lowest BCUT2D eigenvalue weighted by atomic mass is 10.2. The van der Waals surface area contributed by atoms with Gasteiger partial charge in [-0.2, -0.15) is 0 Å². The Morgan fingerprint density at radius 2 is 2.00 bits per heavy atom. The normalized spacial score (nSPS) is 18.3. The van der Waals surface area contributed by atoms with E-state index in [1.807, 2.05) is 32.1 Å². The first-order valence-corrected chi connectivity index (χ1v) is 8.56. The Balaban J connectivity index is 1.91. The first-order chi connectivity index (χ1) is 10.1. The molecular formula is C15H17N3OS2. The fraction of sp³-hybridized carbons (Fsp3) is 0.333. The molecule has 2 heterocycles. The number of hydrogen-bond acceptors (Lipinski definition) is 5. The number of nitrogens with zero attached hydrogens (tertiary/aromatic N) is 3. The van der Waals surface area contributed by atoms with Crippen molar-refractivity contribution in [3.05, 3.63) is 40.9 Å². The summed E-state index contributed by atoms with van der Waals surface area (Å²) in [6.07, 6.45) is 1.82. The Morgan fingerprint density at radius 1 is 1.29 bits per heavy atom. The Hall–Kier alpha value is -1.53. The molecule has 0 radical (unpaired) electrons. The fourth-order valence-electron chi connectivity index (χ4n) is 2.27. The highest BCUT2D eigenvalue weighted by molar-refractivity contribution is 8.00. The molecule has 0 unspecified atom stereocenters. The van der Waals surface area contributed by atoms with E-state index in [-0.39, 0.29) is 11.3 Å². The van der Waals surface area contributed by atoms with Crippen molar-refractivity contribution in [3.8, 4) is 0 Å². The number of thiazole rings is 1. The van der Waals surface area contributed by atoms with Crippen LogP contribution in [0.5, 0.6) is 0 Å². The lowest BCUT2D eigenvalue weighted by Crippen LogP contribution is -2.27. The summed E-state index contributed by atoms with van der Waals surface area (Å²) in [6, 6.07) is 8.37. The molecule has 1 aliphatic heterocycles. The van der Waals surface area contributed by atoms with E-state index in [2.05, 4.69) is 34.1 Å². The summed E-state index contributed by atoms with van der Waals surface area (Å²) in [5.41, 5.74) is 2.30. The van der Waals surface area contributed by atoms with Gasteiger partial charge >= 0.3 is 0 Å². The van der Waals surface area contributed by atoms with Gasteiger partial charge in [-0.15, -0.1) is 23.1 Å². The summed E-state index contributed by atoms with van der Waals surface area (Å²) in [5, 5.41) is 0.823. The van der Waals surface area contributed by atoms with Crippen LogP contribution in [-0.2, 0) is 4.79 Å². The number of aryl methyl sites for hydroxylation is 1. The molecule has 0 N–H and O–H groups in total. The Labute approximate surface area is 132 Å². The van der Waals surface area contributed by atoms with Crippen molar-refractivity contribution >= 4 is 39.8 Å². The van der Waals surface area contributed by atoms with Crippen LogP contribution in [0, 0.1) is 6.92 Å². The average molecular weight is 319 g/mol. The molecular weight excluding hydrogens is 302 g/mol. The Kier molecular flexibility index (Phi) is 3.91. The van der Waals surface area contributed by atoms with Crippen molar-refractivity contribution in [2.75, 3.05) is 29.6 Å². The number of aromatic nitrogens is 1. The lowest BCUT2D eigenvalue weighted by molar-refractivity contribution is -0.115. The van der Waals surface area contributed by atoms with Gasteiger partial charge in [0.1, 0.15) is 5.37 Å². The summed E-state index contributed by atoms with van der Waals surface area (Å²) < 4.78 is 0. The molecule has 1 saturated heterocycles. The van der Waals surface area contributed by atoms with E-state index in [1.54, 1.807) is 23.1 Å². The van der Waals surface area contributed by atoms with E-state index in [1.165, 1.54) is 0 Å². The van der Waals surface area contributed by atoms with Crippen LogP contribution in [0.15, 0.2) is 30.5 Å². The third-order valence-electron chi connectivity index (χ3n) is 3.38. The maximum atomic E-state index is 12.2. The van der Waals surface area contributed by atoms with E-state index in [0.29, 0.717) is 5.75 Å². The van der Waals surface area contributed by atoms with Crippen LogP contribution in [0.2, 0.25) is 0 Å². The fourth-order valence-corrected chi connectivity index (χ4v) is 4.30. The van der Waals surface area contributed by atoms with Crippen LogP contribution in [0.1, 0.15) is 15.8 Å². The summed E-state index contributed by atoms with van der Waals surface area (Å²) in [6.45, 7) is 2.01. The van der Waals surface area contributed by atoms with Crippen molar-refractivity contribution in [2.45, 2.75) is 12.3 Å². The van der Waals surface area contributed by atoms with Gasteiger partial charge in [0.15, 0.2) is 5.13 Å². The molecule has 1 aromatic carbocycles. The molecule has 0 aliphatic carbocycles.